The number of hydrogen-bond donors (Lipinski definition) is 2. The summed E-state index contributed by atoms with van der Waals surface area (Å²) in [7, 11) is 2.11. The lowest BCUT2D eigenvalue weighted by Gasteiger charge is -2.23. The third kappa shape index (κ3) is 6.17. The van der Waals surface area contributed by atoms with Crippen molar-refractivity contribution in [3.8, 4) is 0 Å². The first-order chi connectivity index (χ1) is 9.52. The molecule has 4 nitrogen and oxygen atoms in total. The highest BCUT2D eigenvalue weighted by atomic mass is 16.1. The average Bonchev–Trinajstić information content (AvgIpc) is 2.42. The van der Waals surface area contributed by atoms with Gasteiger partial charge in [0, 0.05) is 24.8 Å². The normalized spacial score (nSPS) is 12.4. The van der Waals surface area contributed by atoms with Crippen LogP contribution in [0.25, 0.3) is 0 Å². The summed E-state index contributed by atoms with van der Waals surface area (Å²) in [5.74, 6) is 0.00166. The maximum atomic E-state index is 11.8. The van der Waals surface area contributed by atoms with Crippen LogP contribution in [-0.2, 0) is 4.79 Å². The lowest BCUT2D eigenvalue weighted by molar-refractivity contribution is -0.115. The minimum atomic E-state index is 0.00166. The molecule has 0 aliphatic heterocycles. The summed E-state index contributed by atoms with van der Waals surface area (Å²) in [6.45, 7) is 8.53. The first-order valence-corrected chi connectivity index (χ1v) is 7.30. The Labute approximate surface area is 122 Å². The molecule has 0 radical (unpaired) electrons. The first kappa shape index (κ1) is 16.7. The van der Waals surface area contributed by atoms with Gasteiger partial charge in [-0.15, -0.1) is 0 Å². The number of rotatable bonds is 8. The van der Waals surface area contributed by atoms with Crippen molar-refractivity contribution >= 4 is 11.6 Å². The van der Waals surface area contributed by atoms with Gasteiger partial charge < -0.3 is 15.5 Å². The Balaban J connectivity index is 2.21. The van der Waals surface area contributed by atoms with E-state index in [1.54, 1.807) is 0 Å². The van der Waals surface area contributed by atoms with Gasteiger partial charge in [-0.1, -0.05) is 19.1 Å². The molecule has 1 amide bonds. The van der Waals surface area contributed by atoms with Gasteiger partial charge >= 0.3 is 0 Å². The van der Waals surface area contributed by atoms with Crippen molar-refractivity contribution in [2.75, 3.05) is 32.0 Å². The summed E-state index contributed by atoms with van der Waals surface area (Å²) >= 11 is 0. The van der Waals surface area contributed by atoms with Crippen LogP contribution in [0.5, 0.6) is 0 Å². The Bertz CT molecular complexity index is 420. The minimum Gasteiger partial charge on any atom is -0.325 e. The summed E-state index contributed by atoms with van der Waals surface area (Å²) in [5, 5.41) is 6.07. The Morgan fingerprint density at radius 3 is 2.80 bits per heavy atom. The van der Waals surface area contributed by atoms with Gasteiger partial charge in [0.15, 0.2) is 0 Å². The molecule has 1 rings (SSSR count). The predicted molar refractivity (Wildman–Crippen MR) is 85.1 cm³/mol. The van der Waals surface area contributed by atoms with E-state index >= 15 is 0 Å². The molecule has 20 heavy (non-hydrogen) atoms. The summed E-state index contributed by atoms with van der Waals surface area (Å²) in [5.41, 5.74) is 2.00. The topological polar surface area (TPSA) is 44.4 Å². The first-order valence-electron chi connectivity index (χ1n) is 7.30. The number of carbonyl (C=O) groups excluding carboxylic acids is 1. The highest BCUT2D eigenvalue weighted by Gasteiger charge is 2.06. The molecule has 112 valence electrons. The fraction of sp³-hybridized carbons (Fsp3) is 0.562. The van der Waals surface area contributed by atoms with E-state index in [1.807, 2.05) is 31.2 Å². The van der Waals surface area contributed by atoms with Gasteiger partial charge in [0.2, 0.25) is 5.91 Å². The van der Waals surface area contributed by atoms with E-state index < -0.39 is 0 Å². The zero-order valence-corrected chi connectivity index (χ0v) is 13.1. The smallest absolute Gasteiger partial charge is 0.238 e. The number of nitrogens with one attached hydrogen (secondary N) is 2. The minimum absolute atomic E-state index is 0.00166. The third-order valence-corrected chi connectivity index (χ3v) is 3.57. The van der Waals surface area contributed by atoms with Crippen LogP contribution in [0.15, 0.2) is 24.3 Å². The van der Waals surface area contributed by atoms with Crippen LogP contribution in [-0.4, -0.2) is 43.5 Å². The predicted octanol–water partition coefficient (Wildman–Crippen LogP) is 2.25. The Hall–Kier alpha value is -1.39. The van der Waals surface area contributed by atoms with Crippen molar-refractivity contribution in [1.82, 2.24) is 10.2 Å². The van der Waals surface area contributed by atoms with Crippen LogP contribution in [0, 0.1) is 6.92 Å². The maximum Gasteiger partial charge on any atom is 0.238 e. The second-order valence-corrected chi connectivity index (χ2v) is 5.33. The molecule has 0 aliphatic carbocycles. The molecule has 4 heteroatoms. The van der Waals surface area contributed by atoms with Crippen LogP contribution in [0.3, 0.4) is 0 Å². The third-order valence-electron chi connectivity index (χ3n) is 3.57. The van der Waals surface area contributed by atoms with Crippen LogP contribution in [0.1, 0.15) is 25.8 Å². The van der Waals surface area contributed by atoms with Gasteiger partial charge in [0.25, 0.3) is 0 Å². The molecule has 0 saturated carbocycles. The van der Waals surface area contributed by atoms with Gasteiger partial charge in [0.1, 0.15) is 0 Å². The molecule has 0 heterocycles. The molecular formula is C16H27N3O. The number of nitrogens with zero attached hydrogens (tertiary/aromatic N) is 1. The quantitative estimate of drug-likeness (QED) is 0.716. The van der Waals surface area contributed by atoms with Crippen molar-refractivity contribution in [2.24, 2.45) is 0 Å². The Kier molecular flexibility index (Phi) is 7.26. The van der Waals surface area contributed by atoms with Crippen LogP contribution in [0.2, 0.25) is 0 Å². The molecule has 1 aromatic rings. The molecule has 0 saturated heterocycles. The molecule has 0 fully saturated rings. The Morgan fingerprint density at radius 2 is 2.15 bits per heavy atom. The molecule has 1 aromatic carbocycles. The molecule has 1 unspecified atom stereocenters. The largest absolute Gasteiger partial charge is 0.325 e. The van der Waals surface area contributed by atoms with E-state index in [9.17, 15) is 4.79 Å². The Morgan fingerprint density at radius 1 is 1.40 bits per heavy atom. The lowest BCUT2D eigenvalue weighted by atomic mass is 10.2. The summed E-state index contributed by atoms with van der Waals surface area (Å²) in [6.07, 6.45) is 1.14. The van der Waals surface area contributed by atoms with Gasteiger partial charge in [0.05, 0.1) is 6.54 Å². The fourth-order valence-corrected chi connectivity index (χ4v) is 1.92. The van der Waals surface area contributed by atoms with E-state index in [0.717, 1.165) is 30.8 Å². The number of aryl methyl sites for hydroxylation is 1. The number of hydrogen-bond acceptors (Lipinski definition) is 3. The fourth-order valence-electron chi connectivity index (χ4n) is 1.92. The second kappa shape index (κ2) is 8.72. The number of likely N-dealkylation sites (N-methyl/N-ethyl adjacent to an activating group) is 1. The SMILES string of the molecule is CCC(C)N(C)CCNCC(=O)Nc1cccc(C)c1. The van der Waals surface area contributed by atoms with Crippen LogP contribution < -0.4 is 10.6 Å². The lowest BCUT2D eigenvalue weighted by Crippen LogP contribution is -2.37. The molecule has 1 atom stereocenters. The van der Waals surface area contributed by atoms with Crippen LogP contribution in [0.4, 0.5) is 5.69 Å². The molecular weight excluding hydrogens is 250 g/mol. The summed E-state index contributed by atoms with van der Waals surface area (Å²) in [6, 6.07) is 8.41. The van der Waals surface area contributed by atoms with E-state index in [1.165, 1.54) is 0 Å². The monoisotopic (exact) mass is 277 g/mol. The molecule has 0 bridgehead atoms. The van der Waals surface area contributed by atoms with Crippen molar-refractivity contribution in [3.63, 3.8) is 0 Å². The highest BCUT2D eigenvalue weighted by molar-refractivity contribution is 5.92. The van der Waals surface area contributed by atoms with Gasteiger partial charge in [-0.3, -0.25) is 4.79 Å². The van der Waals surface area contributed by atoms with Gasteiger partial charge in [-0.25, -0.2) is 0 Å². The zero-order chi connectivity index (χ0) is 15.0. The average molecular weight is 277 g/mol. The number of benzene rings is 1. The molecule has 0 spiro atoms. The van der Waals surface area contributed by atoms with Gasteiger partial charge in [-0.05, 0) is 45.0 Å². The van der Waals surface area contributed by atoms with E-state index in [4.69, 9.17) is 0 Å². The number of anilines is 1. The van der Waals surface area contributed by atoms with Crippen molar-refractivity contribution < 1.29 is 4.79 Å². The van der Waals surface area contributed by atoms with Crippen molar-refractivity contribution in [1.29, 1.82) is 0 Å². The molecule has 0 aliphatic rings. The summed E-state index contributed by atoms with van der Waals surface area (Å²) < 4.78 is 0. The second-order valence-electron chi connectivity index (χ2n) is 5.33. The zero-order valence-electron chi connectivity index (χ0n) is 13.1. The standard InChI is InChI=1S/C16H27N3O/c1-5-14(3)19(4)10-9-17-12-16(20)18-15-8-6-7-13(2)11-15/h6-8,11,14,17H,5,9-10,12H2,1-4H3,(H,18,20). The number of carbonyl (C=O) groups is 1. The van der Waals surface area contributed by atoms with Crippen molar-refractivity contribution in [2.45, 2.75) is 33.2 Å². The summed E-state index contributed by atoms with van der Waals surface area (Å²) in [4.78, 5) is 14.1. The molecule has 2 N–H and O–H groups in total. The number of amides is 1. The van der Waals surface area contributed by atoms with E-state index in [0.29, 0.717) is 12.6 Å². The van der Waals surface area contributed by atoms with E-state index in [2.05, 4.69) is 36.4 Å². The highest BCUT2D eigenvalue weighted by Crippen LogP contribution is 2.08. The van der Waals surface area contributed by atoms with Crippen LogP contribution >= 0.6 is 0 Å². The maximum absolute atomic E-state index is 11.8. The van der Waals surface area contributed by atoms with E-state index in [-0.39, 0.29) is 5.91 Å². The van der Waals surface area contributed by atoms with Crippen molar-refractivity contribution in [3.05, 3.63) is 29.8 Å². The van der Waals surface area contributed by atoms with Gasteiger partial charge in [-0.2, -0.15) is 0 Å². The molecule has 0 aromatic heterocycles.